The summed E-state index contributed by atoms with van der Waals surface area (Å²) in [4.78, 5) is 0. The average molecular weight is 216 g/mol. The maximum absolute atomic E-state index is 9.61. The number of nitrogens with two attached hydrogens (primary N) is 2. The zero-order valence-electron chi connectivity index (χ0n) is 8.41. The van der Waals surface area contributed by atoms with Crippen LogP contribution in [-0.2, 0) is 0 Å². The first-order valence-corrected chi connectivity index (χ1v) is 4.54. The van der Waals surface area contributed by atoms with Gasteiger partial charge in [-0.15, -0.1) is 0 Å². The Hall–Kier alpha value is -1.31. The predicted molar refractivity (Wildman–Crippen MR) is 54.9 cm³/mol. The third kappa shape index (κ3) is 2.20. The second kappa shape index (κ2) is 4.47. The van der Waals surface area contributed by atoms with Crippen molar-refractivity contribution in [2.75, 3.05) is 18.1 Å². The van der Waals surface area contributed by atoms with Crippen LogP contribution in [-0.4, -0.2) is 43.9 Å². The maximum atomic E-state index is 9.61. The summed E-state index contributed by atoms with van der Waals surface area (Å²) in [6, 6.07) is -0.803. The van der Waals surface area contributed by atoms with Gasteiger partial charge in [0.1, 0.15) is 18.0 Å². The summed E-state index contributed by atoms with van der Waals surface area (Å²) in [5, 5.41) is 31.7. The fraction of sp³-hybridized carbons (Fsp3) is 0.625. The van der Waals surface area contributed by atoms with Crippen LogP contribution in [0.25, 0.3) is 0 Å². The Labute approximate surface area is 86.9 Å². The molecule has 0 saturated heterocycles. The Morgan fingerprint density at radius 3 is 2.40 bits per heavy atom. The second-order valence-electron chi connectivity index (χ2n) is 3.41. The largest absolute Gasteiger partial charge is 0.394 e. The smallest absolute Gasteiger partial charge is 0.145 e. The van der Waals surface area contributed by atoms with Crippen LogP contribution in [0.2, 0.25) is 0 Å². The molecule has 0 aliphatic carbocycles. The van der Waals surface area contributed by atoms with E-state index < -0.39 is 24.9 Å². The lowest BCUT2D eigenvalue weighted by Gasteiger charge is -2.24. The summed E-state index contributed by atoms with van der Waals surface area (Å²) in [6.45, 7) is 1.02. The van der Waals surface area contributed by atoms with E-state index in [1.54, 1.807) is 0 Å². The minimum Gasteiger partial charge on any atom is -0.394 e. The third-order valence-corrected chi connectivity index (χ3v) is 2.25. The number of nitrogens with zero attached hydrogens (tertiary/aromatic N) is 2. The van der Waals surface area contributed by atoms with Crippen LogP contribution >= 0.6 is 0 Å². The first-order chi connectivity index (χ1) is 6.99. The van der Waals surface area contributed by atoms with Crippen molar-refractivity contribution >= 4 is 11.5 Å². The van der Waals surface area contributed by atoms with Crippen molar-refractivity contribution in [3.8, 4) is 0 Å². The van der Waals surface area contributed by atoms with Crippen LogP contribution in [0, 0.1) is 0 Å². The molecule has 0 spiro atoms. The molecule has 1 heterocycles. The van der Waals surface area contributed by atoms with Crippen molar-refractivity contribution in [2.45, 2.75) is 25.2 Å². The lowest BCUT2D eigenvalue weighted by molar-refractivity contribution is -0.0210. The summed E-state index contributed by atoms with van der Waals surface area (Å²) in [5.41, 5.74) is 11.3. The fourth-order valence-corrected chi connectivity index (χ4v) is 1.30. The van der Waals surface area contributed by atoms with E-state index >= 15 is 0 Å². The van der Waals surface area contributed by atoms with E-state index in [0.29, 0.717) is 0 Å². The normalized spacial score (nSPS) is 17.3. The molecule has 0 amide bonds. The zero-order valence-corrected chi connectivity index (χ0v) is 8.41. The number of hydrogen-bond acceptors (Lipinski definition) is 6. The van der Waals surface area contributed by atoms with E-state index in [4.69, 9.17) is 16.6 Å². The second-order valence-corrected chi connectivity index (χ2v) is 3.41. The number of hydrogen-bond donors (Lipinski definition) is 5. The molecule has 0 fully saturated rings. The number of aliphatic hydroxyl groups excluding tert-OH is 3. The maximum Gasteiger partial charge on any atom is 0.145 e. The Morgan fingerprint density at radius 2 is 2.07 bits per heavy atom. The molecule has 86 valence electrons. The highest BCUT2D eigenvalue weighted by molar-refractivity contribution is 5.57. The summed E-state index contributed by atoms with van der Waals surface area (Å²) in [6.07, 6.45) is -0.823. The van der Waals surface area contributed by atoms with Crippen LogP contribution in [0.3, 0.4) is 0 Å². The summed E-state index contributed by atoms with van der Waals surface area (Å²) < 4.78 is 1.20. The van der Waals surface area contributed by atoms with Crippen molar-refractivity contribution in [1.29, 1.82) is 0 Å². The predicted octanol–water partition coefficient (Wildman–Crippen LogP) is -1.68. The SMILES string of the molecule is CC(O)C(O)C(CO)n1ncc(N)c1N. The van der Waals surface area contributed by atoms with Crippen molar-refractivity contribution in [3.05, 3.63) is 6.20 Å². The van der Waals surface area contributed by atoms with Gasteiger partial charge in [-0.25, -0.2) is 4.68 Å². The van der Waals surface area contributed by atoms with E-state index in [1.165, 1.54) is 17.8 Å². The minimum atomic E-state index is -1.16. The quantitative estimate of drug-likeness (QED) is 0.408. The minimum absolute atomic E-state index is 0.161. The van der Waals surface area contributed by atoms with E-state index in [9.17, 15) is 10.2 Å². The van der Waals surface area contributed by atoms with Crippen molar-refractivity contribution in [3.63, 3.8) is 0 Å². The number of anilines is 2. The van der Waals surface area contributed by atoms with Crippen molar-refractivity contribution < 1.29 is 15.3 Å². The Morgan fingerprint density at radius 1 is 1.47 bits per heavy atom. The van der Waals surface area contributed by atoms with Gasteiger partial charge in [-0.1, -0.05) is 0 Å². The number of aliphatic hydroxyl groups is 3. The summed E-state index contributed by atoms with van der Waals surface area (Å²) >= 11 is 0. The van der Waals surface area contributed by atoms with Crippen molar-refractivity contribution in [2.24, 2.45) is 0 Å². The molecule has 3 unspecified atom stereocenters. The third-order valence-electron chi connectivity index (χ3n) is 2.25. The topological polar surface area (TPSA) is 131 Å². The molecule has 3 atom stereocenters. The van der Waals surface area contributed by atoms with Gasteiger partial charge in [-0.2, -0.15) is 5.10 Å². The Bertz CT molecular complexity index is 326. The molecular formula is C8H16N4O3. The van der Waals surface area contributed by atoms with E-state index in [1.807, 2.05) is 0 Å². The standard InChI is InChI=1S/C8H16N4O3/c1-4(14)7(15)6(3-13)12-8(10)5(9)2-11-12/h2,4,6-7,13-15H,3,9-10H2,1H3. The van der Waals surface area contributed by atoms with Crippen LogP contribution in [0.4, 0.5) is 11.5 Å². The van der Waals surface area contributed by atoms with Gasteiger partial charge in [0.2, 0.25) is 0 Å². The van der Waals surface area contributed by atoms with Gasteiger partial charge in [0, 0.05) is 0 Å². The van der Waals surface area contributed by atoms with Gasteiger partial charge in [0.05, 0.1) is 24.6 Å². The number of rotatable bonds is 4. The van der Waals surface area contributed by atoms with Crippen molar-refractivity contribution in [1.82, 2.24) is 9.78 Å². The molecule has 0 aliphatic rings. The molecule has 1 rings (SSSR count). The highest BCUT2D eigenvalue weighted by Gasteiger charge is 2.27. The van der Waals surface area contributed by atoms with Crippen LogP contribution < -0.4 is 11.5 Å². The first kappa shape index (κ1) is 11.8. The van der Waals surface area contributed by atoms with Gasteiger partial charge in [0.15, 0.2) is 0 Å². The van der Waals surface area contributed by atoms with Gasteiger partial charge in [-0.3, -0.25) is 0 Å². The molecule has 7 nitrogen and oxygen atoms in total. The summed E-state index contributed by atoms with van der Waals surface area (Å²) in [7, 11) is 0. The molecule has 1 aromatic heterocycles. The molecule has 0 aliphatic heterocycles. The molecule has 0 bridgehead atoms. The van der Waals surface area contributed by atoms with E-state index in [-0.39, 0.29) is 11.5 Å². The van der Waals surface area contributed by atoms with Crippen LogP contribution in [0.5, 0.6) is 0 Å². The molecule has 7 N–H and O–H groups in total. The average Bonchev–Trinajstić information content (AvgIpc) is 2.50. The van der Waals surface area contributed by atoms with Gasteiger partial charge in [-0.05, 0) is 6.92 Å². The zero-order chi connectivity index (χ0) is 11.6. The van der Waals surface area contributed by atoms with E-state index in [0.717, 1.165) is 0 Å². The summed E-state index contributed by atoms with van der Waals surface area (Å²) in [5.74, 6) is 0.161. The monoisotopic (exact) mass is 216 g/mol. The number of nitrogen functional groups attached to an aromatic ring is 2. The molecule has 0 saturated carbocycles. The van der Waals surface area contributed by atoms with Gasteiger partial charge >= 0.3 is 0 Å². The Balaban J connectivity index is 2.97. The number of aromatic nitrogens is 2. The molecule has 7 heteroatoms. The lowest BCUT2D eigenvalue weighted by atomic mass is 10.1. The Kier molecular flexibility index (Phi) is 3.51. The van der Waals surface area contributed by atoms with Gasteiger partial charge in [0.25, 0.3) is 0 Å². The first-order valence-electron chi connectivity index (χ1n) is 4.54. The highest BCUT2D eigenvalue weighted by atomic mass is 16.3. The molecule has 1 aromatic rings. The van der Waals surface area contributed by atoms with E-state index in [2.05, 4.69) is 5.10 Å². The van der Waals surface area contributed by atoms with Gasteiger partial charge < -0.3 is 26.8 Å². The van der Waals surface area contributed by atoms with Crippen LogP contribution in [0.15, 0.2) is 6.20 Å². The van der Waals surface area contributed by atoms with Crippen LogP contribution in [0.1, 0.15) is 13.0 Å². The molecule has 15 heavy (non-hydrogen) atoms. The molecular weight excluding hydrogens is 200 g/mol. The molecule has 0 radical (unpaired) electrons. The highest BCUT2D eigenvalue weighted by Crippen LogP contribution is 2.21. The fourth-order valence-electron chi connectivity index (χ4n) is 1.30. The lowest BCUT2D eigenvalue weighted by Crippen LogP contribution is -2.36. The molecule has 0 aromatic carbocycles.